The third-order valence-electron chi connectivity index (χ3n) is 6.01. The molecule has 0 atom stereocenters. The van der Waals surface area contributed by atoms with E-state index in [0.29, 0.717) is 17.9 Å². The first-order valence-electron chi connectivity index (χ1n) is 11.0. The van der Waals surface area contributed by atoms with Crippen LogP contribution in [0.3, 0.4) is 0 Å². The Morgan fingerprint density at radius 2 is 1.57 bits per heavy atom. The first kappa shape index (κ1) is 24.5. The van der Waals surface area contributed by atoms with Gasteiger partial charge in [-0.3, -0.25) is 0 Å². The summed E-state index contributed by atoms with van der Waals surface area (Å²) >= 11 is 0. The van der Waals surface area contributed by atoms with Gasteiger partial charge in [-0.15, -0.1) is 0 Å². The number of rotatable bonds is 5. The highest BCUT2D eigenvalue weighted by atomic mass is 32.2. The number of sulfone groups is 1. The van der Waals surface area contributed by atoms with Crippen molar-refractivity contribution in [1.82, 2.24) is 0 Å². The first-order chi connectivity index (χ1) is 13.8. The van der Waals surface area contributed by atoms with Crippen LogP contribution in [0.15, 0.2) is 17.0 Å². The van der Waals surface area contributed by atoms with E-state index in [1.165, 1.54) is 25.3 Å². The molecule has 0 aromatic heterocycles. The molecule has 0 saturated heterocycles. The van der Waals surface area contributed by atoms with Crippen molar-refractivity contribution in [2.75, 3.05) is 5.75 Å². The summed E-state index contributed by atoms with van der Waals surface area (Å²) in [6, 6.07) is 5.53. The van der Waals surface area contributed by atoms with E-state index in [2.05, 4.69) is 0 Å². The van der Waals surface area contributed by atoms with Crippen LogP contribution < -0.4 is 0 Å². The molecule has 0 aliphatic heterocycles. The summed E-state index contributed by atoms with van der Waals surface area (Å²) in [7, 11) is -3.64. The molecule has 0 heterocycles. The van der Waals surface area contributed by atoms with Gasteiger partial charge in [0.2, 0.25) is 0 Å². The van der Waals surface area contributed by atoms with Gasteiger partial charge >= 0.3 is 0 Å². The minimum absolute atomic E-state index is 0.0212. The quantitative estimate of drug-likeness (QED) is 0.560. The second kappa shape index (κ2) is 9.14. The van der Waals surface area contributed by atoms with E-state index in [0.717, 1.165) is 24.0 Å². The van der Waals surface area contributed by atoms with Gasteiger partial charge in [-0.2, -0.15) is 5.26 Å². The largest absolute Gasteiger partial charge is 0.507 e. The zero-order valence-electron chi connectivity index (χ0n) is 19.4. The van der Waals surface area contributed by atoms with E-state index in [1.54, 1.807) is 12.1 Å². The van der Waals surface area contributed by atoms with Gasteiger partial charge in [0.15, 0.2) is 9.84 Å². The minimum atomic E-state index is -3.64. The summed E-state index contributed by atoms with van der Waals surface area (Å²) < 4.78 is 25.8. The Labute approximate surface area is 182 Å². The highest BCUT2D eigenvalue weighted by Crippen LogP contribution is 2.40. The molecule has 1 saturated carbocycles. The van der Waals surface area contributed by atoms with E-state index < -0.39 is 9.84 Å². The molecule has 0 unspecified atom stereocenters. The van der Waals surface area contributed by atoms with Crippen LogP contribution in [0.2, 0.25) is 0 Å². The number of nitriles is 1. The van der Waals surface area contributed by atoms with Crippen LogP contribution >= 0.6 is 0 Å². The molecule has 1 aliphatic rings. The predicted octanol–water partition coefficient (Wildman–Crippen LogP) is 6.24. The minimum Gasteiger partial charge on any atom is -0.507 e. The fourth-order valence-electron chi connectivity index (χ4n) is 4.13. The van der Waals surface area contributed by atoms with E-state index in [1.807, 2.05) is 47.6 Å². The lowest BCUT2D eigenvalue weighted by atomic mass is 9.78. The van der Waals surface area contributed by atoms with Gasteiger partial charge in [-0.05, 0) is 46.9 Å². The molecular formula is C25H37NO3S. The fraction of sp³-hybridized carbons (Fsp3) is 0.640. The molecular weight excluding hydrogens is 394 g/mol. The normalized spacial score (nSPS) is 17.0. The third kappa shape index (κ3) is 6.11. The predicted molar refractivity (Wildman–Crippen MR) is 124 cm³/mol. The van der Waals surface area contributed by atoms with E-state index in [-0.39, 0.29) is 27.2 Å². The molecule has 1 aromatic rings. The number of hydrogen-bond acceptors (Lipinski definition) is 4. The molecule has 0 bridgehead atoms. The average Bonchev–Trinajstić information content (AvgIpc) is 2.64. The summed E-state index contributed by atoms with van der Waals surface area (Å²) in [4.78, 5) is -0.191. The Morgan fingerprint density at radius 3 is 2.00 bits per heavy atom. The van der Waals surface area contributed by atoms with E-state index in [9.17, 15) is 18.8 Å². The fourth-order valence-corrected chi connectivity index (χ4v) is 5.45. The van der Waals surface area contributed by atoms with Crippen molar-refractivity contribution in [3.8, 4) is 11.8 Å². The molecule has 1 N–H and O–H groups in total. The van der Waals surface area contributed by atoms with Crippen molar-refractivity contribution in [3.05, 3.63) is 33.7 Å². The van der Waals surface area contributed by atoms with Gasteiger partial charge < -0.3 is 5.11 Å². The Hall–Kier alpha value is -1.80. The lowest BCUT2D eigenvalue weighted by Gasteiger charge is -2.28. The summed E-state index contributed by atoms with van der Waals surface area (Å²) in [6.07, 6.45) is 7.85. The number of hydrogen-bond donors (Lipinski definition) is 1. The lowest BCUT2D eigenvalue weighted by molar-refractivity contribution is 0.350. The van der Waals surface area contributed by atoms with Crippen LogP contribution in [0.5, 0.6) is 5.75 Å². The maximum absolute atomic E-state index is 12.9. The Balaban J connectivity index is 2.43. The zero-order valence-corrected chi connectivity index (χ0v) is 20.2. The van der Waals surface area contributed by atoms with Gasteiger partial charge in [-0.25, -0.2) is 8.42 Å². The van der Waals surface area contributed by atoms with Gasteiger partial charge in [0, 0.05) is 11.1 Å². The van der Waals surface area contributed by atoms with Gasteiger partial charge in [0.25, 0.3) is 0 Å². The number of nitrogens with zero attached hydrogens (tertiary/aromatic N) is 1. The van der Waals surface area contributed by atoms with Crippen molar-refractivity contribution < 1.29 is 13.5 Å². The molecule has 1 aromatic carbocycles. The summed E-state index contributed by atoms with van der Waals surface area (Å²) in [5.41, 5.74) is 1.50. The van der Waals surface area contributed by atoms with E-state index in [4.69, 9.17) is 0 Å². The third-order valence-corrected chi connectivity index (χ3v) is 7.66. The summed E-state index contributed by atoms with van der Waals surface area (Å²) in [5.74, 6) is 0.709. The van der Waals surface area contributed by atoms with Crippen molar-refractivity contribution in [1.29, 1.82) is 5.26 Å². The van der Waals surface area contributed by atoms with Crippen LogP contribution in [0.4, 0.5) is 0 Å². The molecule has 166 valence electrons. The summed E-state index contributed by atoms with van der Waals surface area (Å²) in [5, 5.41) is 20.5. The number of benzene rings is 1. The highest BCUT2D eigenvalue weighted by molar-refractivity contribution is 7.95. The SMILES string of the molecule is CC(C)(C)c1cc(/C=C(/C#N)S(=O)(=O)CCC2CCCCC2)cc(C(C)(C)C)c1O. The topological polar surface area (TPSA) is 78.2 Å². The van der Waals surface area contributed by atoms with E-state index >= 15 is 0 Å². The Bertz CT molecular complexity index is 897. The maximum atomic E-state index is 12.9. The average molecular weight is 432 g/mol. The van der Waals surface area contributed by atoms with Crippen LogP contribution in [-0.4, -0.2) is 19.3 Å². The lowest BCUT2D eigenvalue weighted by Crippen LogP contribution is -2.17. The molecule has 4 nitrogen and oxygen atoms in total. The van der Waals surface area contributed by atoms with Crippen molar-refractivity contribution in [3.63, 3.8) is 0 Å². The second-order valence-electron chi connectivity index (χ2n) is 10.7. The second-order valence-corrected chi connectivity index (χ2v) is 12.8. The maximum Gasteiger partial charge on any atom is 0.188 e. The standard InChI is InChI=1S/C25H37NO3S/c1-24(2,3)21-15-19(16-22(23(21)27)25(4,5)6)14-20(17-26)30(28,29)13-12-18-10-8-7-9-11-18/h14-16,18,27H,7-13H2,1-6H3/b20-14-. The molecule has 0 amide bonds. The van der Waals surface area contributed by atoms with Crippen molar-refractivity contribution in [2.24, 2.45) is 5.92 Å². The first-order valence-corrected chi connectivity index (χ1v) is 12.6. The molecule has 0 radical (unpaired) electrons. The van der Waals surface area contributed by atoms with Crippen LogP contribution in [0, 0.1) is 17.2 Å². The Morgan fingerprint density at radius 1 is 1.07 bits per heavy atom. The smallest absolute Gasteiger partial charge is 0.188 e. The molecule has 30 heavy (non-hydrogen) atoms. The van der Waals surface area contributed by atoms with Crippen LogP contribution in [-0.2, 0) is 20.7 Å². The van der Waals surface area contributed by atoms with Gasteiger partial charge in [-0.1, -0.05) is 73.6 Å². The monoisotopic (exact) mass is 431 g/mol. The summed E-state index contributed by atoms with van der Waals surface area (Å²) in [6.45, 7) is 12.0. The number of aromatic hydroxyl groups is 1. The molecule has 1 fully saturated rings. The van der Waals surface area contributed by atoms with Gasteiger partial charge in [0.05, 0.1) is 5.75 Å². The van der Waals surface area contributed by atoms with Crippen LogP contribution in [0.25, 0.3) is 6.08 Å². The number of allylic oxidation sites excluding steroid dienone is 1. The van der Waals surface area contributed by atoms with Crippen molar-refractivity contribution in [2.45, 2.75) is 90.9 Å². The Kier molecular flexibility index (Phi) is 7.45. The number of phenols is 1. The zero-order chi connectivity index (χ0) is 22.7. The molecule has 2 rings (SSSR count). The van der Waals surface area contributed by atoms with Crippen molar-refractivity contribution >= 4 is 15.9 Å². The highest BCUT2D eigenvalue weighted by Gasteiger charge is 2.27. The number of phenolic OH excluding ortho intramolecular Hbond substituents is 1. The molecule has 0 spiro atoms. The van der Waals surface area contributed by atoms with Crippen LogP contribution in [0.1, 0.15) is 96.8 Å². The molecule has 5 heteroatoms. The molecule has 1 aliphatic carbocycles. The van der Waals surface area contributed by atoms with Gasteiger partial charge in [0.1, 0.15) is 16.7 Å².